The lowest BCUT2D eigenvalue weighted by Crippen LogP contribution is -2.50. The van der Waals surface area contributed by atoms with E-state index < -0.39 is 0 Å². The van der Waals surface area contributed by atoms with Gasteiger partial charge in [-0.3, -0.25) is 14.8 Å². The van der Waals surface area contributed by atoms with Crippen molar-refractivity contribution in [2.24, 2.45) is 0 Å². The average Bonchev–Trinajstić information content (AvgIpc) is 2.84. The van der Waals surface area contributed by atoms with Crippen LogP contribution in [0.2, 0.25) is 0 Å². The fraction of sp³-hybridized carbons (Fsp3) is 0.476. The summed E-state index contributed by atoms with van der Waals surface area (Å²) in [6.45, 7) is 7.31. The highest BCUT2D eigenvalue weighted by Gasteiger charge is 2.31. The van der Waals surface area contributed by atoms with Gasteiger partial charge in [0.2, 0.25) is 0 Å². The van der Waals surface area contributed by atoms with Crippen molar-refractivity contribution < 1.29 is 4.74 Å². The fourth-order valence-corrected chi connectivity index (χ4v) is 3.88. The molecule has 0 bridgehead atoms. The third-order valence-electron chi connectivity index (χ3n) is 5.21. The Balaban J connectivity index is 1.27. The van der Waals surface area contributed by atoms with Crippen molar-refractivity contribution in [3.63, 3.8) is 0 Å². The van der Waals surface area contributed by atoms with Crippen molar-refractivity contribution in [2.75, 3.05) is 39.3 Å². The number of rotatable bonds is 5. The van der Waals surface area contributed by atoms with Crippen LogP contribution in [-0.2, 0) is 11.3 Å². The minimum atomic E-state index is 0.316. The van der Waals surface area contributed by atoms with E-state index in [0.29, 0.717) is 12.0 Å². The molecule has 0 aliphatic carbocycles. The third kappa shape index (κ3) is 4.46. The van der Waals surface area contributed by atoms with Gasteiger partial charge in [-0.1, -0.05) is 36.4 Å². The van der Waals surface area contributed by atoms with E-state index in [1.807, 2.05) is 12.3 Å². The zero-order valence-electron chi connectivity index (χ0n) is 14.8. The smallest absolute Gasteiger partial charge is 0.0828 e. The summed E-state index contributed by atoms with van der Waals surface area (Å²) in [5, 5.41) is 0. The van der Waals surface area contributed by atoms with E-state index in [1.165, 1.54) is 11.3 Å². The second-order valence-electron chi connectivity index (χ2n) is 7.24. The summed E-state index contributed by atoms with van der Waals surface area (Å²) >= 11 is 0. The molecule has 132 valence electrons. The van der Waals surface area contributed by atoms with Gasteiger partial charge in [0.05, 0.1) is 6.10 Å². The first-order valence-electron chi connectivity index (χ1n) is 9.38. The van der Waals surface area contributed by atoms with Gasteiger partial charge in [0, 0.05) is 63.7 Å². The average molecular weight is 337 g/mol. The van der Waals surface area contributed by atoms with Gasteiger partial charge in [-0.15, -0.1) is 0 Å². The van der Waals surface area contributed by atoms with Crippen LogP contribution in [0.1, 0.15) is 23.6 Å². The van der Waals surface area contributed by atoms with Gasteiger partial charge in [0.15, 0.2) is 0 Å². The van der Waals surface area contributed by atoms with Crippen molar-refractivity contribution >= 4 is 0 Å². The summed E-state index contributed by atoms with van der Waals surface area (Å²) < 4.78 is 6.12. The zero-order valence-corrected chi connectivity index (χ0v) is 14.8. The Morgan fingerprint density at radius 3 is 2.60 bits per heavy atom. The summed E-state index contributed by atoms with van der Waals surface area (Å²) in [7, 11) is 0. The Morgan fingerprint density at radius 2 is 1.80 bits per heavy atom. The van der Waals surface area contributed by atoms with E-state index >= 15 is 0 Å². The molecule has 2 aliphatic rings. The van der Waals surface area contributed by atoms with Crippen LogP contribution in [-0.4, -0.2) is 60.2 Å². The quantitative estimate of drug-likeness (QED) is 0.839. The first kappa shape index (κ1) is 16.7. The van der Waals surface area contributed by atoms with Crippen LogP contribution in [0.5, 0.6) is 0 Å². The third-order valence-corrected chi connectivity index (χ3v) is 5.21. The molecule has 2 aliphatic heterocycles. The molecule has 4 rings (SSSR count). The van der Waals surface area contributed by atoms with Crippen LogP contribution in [0.4, 0.5) is 0 Å². The Kier molecular flexibility index (Phi) is 5.40. The monoisotopic (exact) mass is 337 g/mol. The number of hydrogen-bond donors (Lipinski definition) is 0. The highest BCUT2D eigenvalue weighted by Crippen LogP contribution is 2.26. The summed E-state index contributed by atoms with van der Waals surface area (Å²) in [6, 6.07) is 17.0. The SMILES string of the molecule is c1ccc(CN2CCCO[C@H](CN3CC(c4ccccn4)C3)C2)cc1. The van der Waals surface area contributed by atoms with Crippen molar-refractivity contribution in [2.45, 2.75) is 25.0 Å². The van der Waals surface area contributed by atoms with Gasteiger partial charge in [0.25, 0.3) is 0 Å². The number of benzene rings is 1. The molecule has 2 aromatic rings. The highest BCUT2D eigenvalue weighted by atomic mass is 16.5. The number of nitrogens with zero attached hydrogens (tertiary/aromatic N) is 3. The number of ether oxygens (including phenoxy) is 1. The summed E-state index contributed by atoms with van der Waals surface area (Å²) in [4.78, 5) is 9.54. The molecule has 0 saturated carbocycles. The van der Waals surface area contributed by atoms with Gasteiger partial charge >= 0.3 is 0 Å². The number of pyridine rings is 1. The van der Waals surface area contributed by atoms with Gasteiger partial charge in [-0.25, -0.2) is 0 Å². The van der Waals surface area contributed by atoms with Crippen LogP contribution in [0.15, 0.2) is 54.7 Å². The van der Waals surface area contributed by atoms with Crippen LogP contribution in [0.25, 0.3) is 0 Å². The summed E-state index contributed by atoms with van der Waals surface area (Å²) in [5.41, 5.74) is 2.62. The Hall–Kier alpha value is -1.75. The fourth-order valence-electron chi connectivity index (χ4n) is 3.88. The lowest BCUT2D eigenvalue weighted by molar-refractivity contribution is 0.00473. The molecule has 4 nitrogen and oxygen atoms in total. The van der Waals surface area contributed by atoms with E-state index in [2.05, 4.69) is 57.2 Å². The minimum Gasteiger partial charge on any atom is -0.376 e. The molecule has 0 unspecified atom stereocenters. The molecule has 0 radical (unpaired) electrons. The Bertz CT molecular complexity index is 643. The maximum atomic E-state index is 6.12. The molecule has 1 aromatic carbocycles. The maximum absolute atomic E-state index is 6.12. The van der Waals surface area contributed by atoms with E-state index in [-0.39, 0.29) is 0 Å². The van der Waals surface area contributed by atoms with Crippen LogP contribution >= 0.6 is 0 Å². The van der Waals surface area contributed by atoms with E-state index in [1.54, 1.807) is 0 Å². The van der Waals surface area contributed by atoms with Gasteiger partial charge < -0.3 is 4.74 Å². The molecule has 0 N–H and O–H groups in total. The van der Waals surface area contributed by atoms with E-state index in [4.69, 9.17) is 4.74 Å². The molecule has 3 heterocycles. The Labute approximate surface area is 150 Å². The molecule has 1 aromatic heterocycles. The molecule has 2 saturated heterocycles. The first-order chi connectivity index (χ1) is 12.4. The molecule has 25 heavy (non-hydrogen) atoms. The largest absolute Gasteiger partial charge is 0.376 e. The van der Waals surface area contributed by atoms with Crippen LogP contribution in [0, 0.1) is 0 Å². The molecule has 2 fully saturated rings. The van der Waals surface area contributed by atoms with Crippen molar-refractivity contribution in [3.05, 3.63) is 66.0 Å². The van der Waals surface area contributed by atoms with Gasteiger partial charge in [-0.05, 0) is 24.1 Å². The normalized spacial score (nSPS) is 23.1. The topological polar surface area (TPSA) is 28.6 Å². The lowest BCUT2D eigenvalue weighted by atomic mass is 9.95. The van der Waals surface area contributed by atoms with E-state index in [0.717, 1.165) is 52.3 Å². The number of hydrogen-bond acceptors (Lipinski definition) is 4. The standard InChI is InChI=1S/C21H27N3O/c1-2-7-18(8-3-1)13-23-11-6-12-25-20(16-23)17-24-14-19(15-24)21-9-4-5-10-22-21/h1-5,7-10,19-20H,6,11-17H2/t20-/m0/s1. The second-order valence-corrected chi connectivity index (χ2v) is 7.24. The molecule has 1 atom stereocenters. The molecule has 0 spiro atoms. The first-order valence-corrected chi connectivity index (χ1v) is 9.38. The highest BCUT2D eigenvalue weighted by molar-refractivity contribution is 5.15. The minimum absolute atomic E-state index is 0.316. The number of likely N-dealkylation sites (tertiary alicyclic amines) is 1. The molecule has 4 heteroatoms. The number of aromatic nitrogens is 1. The second kappa shape index (κ2) is 8.09. The zero-order chi connectivity index (χ0) is 16.9. The maximum Gasteiger partial charge on any atom is 0.0828 e. The molecular weight excluding hydrogens is 310 g/mol. The van der Waals surface area contributed by atoms with Crippen molar-refractivity contribution in [1.29, 1.82) is 0 Å². The van der Waals surface area contributed by atoms with Gasteiger partial charge in [0.1, 0.15) is 0 Å². The van der Waals surface area contributed by atoms with Crippen molar-refractivity contribution in [1.82, 2.24) is 14.8 Å². The van der Waals surface area contributed by atoms with Crippen LogP contribution in [0.3, 0.4) is 0 Å². The molecule has 0 amide bonds. The lowest BCUT2D eigenvalue weighted by Gasteiger charge is -2.41. The summed E-state index contributed by atoms with van der Waals surface area (Å²) in [6.07, 6.45) is 3.34. The van der Waals surface area contributed by atoms with Crippen molar-refractivity contribution in [3.8, 4) is 0 Å². The van der Waals surface area contributed by atoms with E-state index in [9.17, 15) is 0 Å². The summed E-state index contributed by atoms with van der Waals surface area (Å²) in [5.74, 6) is 0.590. The Morgan fingerprint density at radius 1 is 0.960 bits per heavy atom. The van der Waals surface area contributed by atoms with Crippen LogP contribution < -0.4 is 0 Å². The molecular formula is C21H27N3O. The van der Waals surface area contributed by atoms with Gasteiger partial charge in [-0.2, -0.15) is 0 Å². The predicted octanol–water partition coefficient (Wildman–Crippen LogP) is 2.77. The predicted molar refractivity (Wildman–Crippen MR) is 99.5 cm³/mol.